The Labute approximate surface area is 159 Å². The zero-order valence-corrected chi connectivity index (χ0v) is 16.6. The molecular formula is C19H23ClN2O3S. The number of anilines is 1. The largest absolute Gasteiger partial charge is 0.324 e. The molecule has 0 spiro atoms. The summed E-state index contributed by atoms with van der Waals surface area (Å²) in [4.78, 5) is 12.6. The number of carbonyl (C=O) groups is 1. The monoisotopic (exact) mass is 394 g/mol. The van der Waals surface area contributed by atoms with Crippen molar-refractivity contribution in [2.75, 3.05) is 5.32 Å². The molecule has 0 aliphatic carbocycles. The Morgan fingerprint density at radius 3 is 2.08 bits per heavy atom. The molecule has 0 saturated carbocycles. The fourth-order valence-electron chi connectivity index (χ4n) is 2.60. The summed E-state index contributed by atoms with van der Waals surface area (Å²) in [5, 5.41) is 3.32. The Morgan fingerprint density at radius 2 is 1.58 bits per heavy atom. The number of aryl methyl sites for hydroxylation is 2. The van der Waals surface area contributed by atoms with Gasteiger partial charge in [-0.25, -0.2) is 8.42 Å². The Balaban J connectivity index is 2.17. The lowest BCUT2D eigenvalue weighted by Gasteiger charge is -2.18. The predicted octanol–water partition coefficient (Wildman–Crippen LogP) is 3.77. The molecule has 5 nitrogen and oxygen atoms in total. The highest BCUT2D eigenvalue weighted by molar-refractivity contribution is 7.89. The number of hydrogen-bond donors (Lipinski definition) is 2. The van der Waals surface area contributed by atoms with Crippen LogP contribution in [0.4, 0.5) is 5.69 Å². The van der Waals surface area contributed by atoms with Gasteiger partial charge in [0.2, 0.25) is 15.9 Å². The number of rotatable bonds is 7. The van der Waals surface area contributed by atoms with E-state index in [0.29, 0.717) is 5.02 Å². The zero-order valence-electron chi connectivity index (χ0n) is 15.0. The SMILES string of the molecule is CCc1cccc(CC)c1NC(=O)[C@H](C)NS(=O)(=O)c1ccc(Cl)cc1. The van der Waals surface area contributed by atoms with Gasteiger partial charge < -0.3 is 5.32 Å². The fourth-order valence-corrected chi connectivity index (χ4v) is 3.93. The topological polar surface area (TPSA) is 75.3 Å². The van der Waals surface area contributed by atoms with E-state index in [1.165, 1.54) is 31.2 Å². The standard InChI is InChI=1S/C19H23ClN2O3S/c1-4-14-7-6-8-15(5-2)18(14)21-19(23)13(3)22-26(24,25)17-11-9-16(20)10-12-17/h6-13,22H,4-5H2,1-3H3,(H,21,23)/t13-/m0/s1. The fraction of sp³-hybridized carbons (Fsp3) is 0.316. The van der Waals surface area contributed by atoms with Gasteiger partial charge in [0.25, 0.3) is 0 Å². The van der Waals surface area contributed by atoms with Gasteiger partial charge in [0.1, 0.15) is 0 Å². The molecule has 1 amide bonds. The third-order valence-corrected chi connectivity index (χ3v) is 5.90. The Kier molecular flexibility index (Phi) is 6.81. The Morgan fingerprint density at radius 1 is 1.04 bits per heavy atom. The van der Waals surface area contributed by atoms with E-state index < -0.39 is 22.0 Å². The van der Waals surface area contributed by atoms with Crippen molar-refractivity contribution in [3.05, 3.63) is 58.6 Å². The molecule has 0 aliphatic rings. The molecule has 2 aromatic carbocycles. The minimum absolute atomic E-state index is 0.0600. The van der Waals surface area contributed by atoms with Crippen LogP contribution in [0.1, 0.15) is 31.9 Å². The lowest BCUT2D eigenvalue weighted by Crippen LogP contribution is -2.41. The Hall–Kier alpha value is -1.89. The molecule has 0 aromatic heterocycles. The lowest BCUT2D eigenvalue weighted by molar-refractivity contribution is -0.117. The normalized spacial score (nSPS) is 12.6. The van der Waals surface area contributed by atoms with Crippen molar-refractivity contribution in [2.24, 2.45) is 0 Å². The van der Waals surface area contributed by atoms with Crippen LogP contribution in [0.2, 0.25) is 5.02 Å². The molecule has 2 rings (SSSR count). The van der Waals surface area contributed by atoms with Crippen LogP contribution in [0.5, 0.6) is 0 Å². The number of amides is 1. The molecule has 0 saturated heterocycles. The average Bonchev–Trinajstić information content (AvgIpc) is 2.61. The van der Waals surface area contributed by atoms with E-state index in [1.807, 2.05) is 32.0 Å². The van der Waals surface area contributed by atoms with Crippen LogP contribution in [-0.2, 0) is 27.7 Å². The number of para-hydroxylation sites is 1. The first-order chi connectivity index (χ1) is 12.3. The summed E-state index contributed by atoms with van der Waals surface area (Å²) in [6.45, 7) is 5.54. The highest BCUT2D eigenvalue weighted by Gasteiger charge is 2.23. The first-order valence-electron chi connectivity index (χ1n) is 8.48. The van der Waals surface area contributed by atoms with E-state index in [9.17, 15) is 13.2 Å². The van der Waals surface area contributed by atoms with Crippen LogP contribution in [0, 0.1) is 0 Å². The van der Waals surface area contributed by atoms with Gasteiger partial charge in [-0.05, 0) is 55.2 Å². The van der Waals surface area contributed by atoms with Gasteiger partial charge in [0.15, 0.2) is 0 Å². The third-order valence-electron chi connectivity index (χ3n) is 4.10. The number of nitrogens with one attached hydrogen (secondary N) is 2. The van der Waals surface area contributed by atoms with E-state index in [0.717, 1.165) is 29.7 Å². The molecule has 0 heterocycles. The van der Waals surface area contributed by atoms with Crippen LogP contribution in [0.15, 0.2) is 47.4 Å². The Bertz CT molecular complexity index is 858. The van der Waals surface area contributed by atoms with Crippen molar-refractivity contribution >= 4 is 33.2 Å². The minimum atomic E-state index is -3.81. The summed E-state index contributed by atoms with van der Waals surface area (Å²) in [5.74, 6) is -0.405. The second kappa shape index (κ2) is 8.66. The third kappa shape index (κ3) is 4.84. The summed E-state index contributed by atoms with van der Waals surface area (Å²) in [6, 6.07) is 10.7. The summed E-state index contributed by atoms with van der Waals surface area (Å²) in [7, 11) is -3.81. The zero-order chi connectivity index (χ0) is 19.3. The molecular weight excluding hydrogens is 372 g/mol. The number of halogens is 1. The molecule has 1 atom stereocenters. The van der Waals surface area contributed by atoms with E-state index in [4.69, 9.17) is 11.6 Å². The lowest BCUT2D eigenvalue weighted by atomic mass is 10.0. The number of benzene rings is 2. The molecule has 0 aliphatic heterocycles. The highest BCUT2D eigenvalue weighted by atomic mass is 35.5. The first kappa shape index (κ1) is 20.4. The van der Waals surface area contributed by atoms with Crippen molar-refractivity contribution < 1.29 is 13.2 Å². The van der Waals surface area contributed by atoms with Gasteiger partial charge in [-0.15, -0.1) is 0 Å². The van der Waals surface area contributed by atoms with E-state index in [-0.39, 0.29) is 4.90 Å². The van der Waals surface area contributed by atoms with E-state index in [2.05, 4.69) is 10.0 Å². The molecule has 0 unspecified atom stereocenters. The van der Waals surface area contributed by atoms with Crippen molar-refractivity contribution in [1.82, 2.24) is 4.72 Å². The van der Waals surface area contributed by atoms with Crippen LogP contribution < -0.4 is 10.0 Å². The maximum absolute atomic E-state index is 12.6. The van der Waals surface area contributed by atoms with Gasteiger partial charge in [0, 0.05) is 10.7 Å². The van der Waals surface area contributed by atoms with Gasteiger partial charge >= 0.3 is 0 Å². The van der Waals surface area contributed by atoms with Gasteiger partial charge in [-0.3, -0.25) is 4.79 Å². The van der Waals surface area contributed by atoms with Crippen LogP contribution in [0.3, 0.4) is 0 Å². The van der Waals surface area contributed by atoms with Crippen molar-refractivity contribution in [2.45, 2.75) is 44.6 Å². The molecule has 7 heteroatoms. The summed E-state index contributed by atoms with van der Waals surface area (Å²) in [6.07, 6.45) is 1.54. The average molecular weight is 395 g/mol. The highest BCUT2D eigenvalue weighted by Crippen LogP contribution is 2.23. The van der Waals surface area contributed by atoms with Crippen molar-refractivity contribution in [3.8, 4) is 0 Å². The quantitative estimate of drug-likeness (QED) is 0.750. The predicted molar refractivity (Wildman–Crippen MR) is 105 cm³/mol. The number of hydrogen-bond acceptors (Lipinski definition) is 3. The summed E-state index contributed by atoms with van der Waals surface area (Å²) in [5.41, 5.74) is 2.80. The van der Waals surface area contributed by atoms with E-state index in [1.54, 1.807) is 0 Å². The number of sulfonamides is 1. The van der Waals surface area contributed by atoms with Crippen molar-refractivity contribution in [1.29, 1.82) is 0 Å². The van der Waals surface area contributed by atoms with Gasteiger partial charge in [-0.2, -0.15) is 4.72 Å². The van der Waals surface area contributed by atoms with Gasteiger partial charge in [0.05, 0.1) is 10.9 Å². The molecule has 0 fully saturated rings. The van der Waals surface area contributed by atoms with Gasteiger partial charge in [-0.1, -0.05) is 43.6 Å². The van der Waals surface area contributed by atoms with Crippen LogP contribution in [-0.4, -0.2) is 20.4 Å². The maximum Gasteiger partial charge on any atom is 0.242 e. The van der Waals surface area contributed by atoms with E-state index >= 15 is 0 Å². The molecule has 140 valence electrons. The molecule has 0 radical (unpaired) electrons. The van der Waals surface area contributed by atoms with Crippen molar-refractivity contribution in [3.63, 3.8) is 0 Å². The molecule has 2 aromatic rings. The van der Waals surface area contributed by atoms with Crippen LogP contribution in [0.25, 0.3) is 0 Å². The maximum atomic E-state index is 12.6. The minimum Gasteiger partial charge on any atom is -0.324 e. The molecule has 0 bridgehead atoms. The van der Waals surface area contributed by atoms with Crippen LogP contribution >= 0.6 is 11.6 Å². The summed E-state index contributed by atoms with van der Waals surface area (Å²) >= 11 is 5.79. The number of carbonyl (C=O) groups excluding carboxylic acids is 1. The summed E-state index contributed by atoms with van der Waals surface area (Å²) < 4.78 is 27.2. The first-order valence-corrected chi connectivity index (χ1v) is 10.3. The second-order valence-electron chi connectivity index (χ2n) is 5.94. The molecule has 26 heavy (non-hydrogen) atoms. The molecule has 2 N–H and O–H groups in total. The smallest absolute Gasteiger partial charge is 0.242 e. The second-order valence-corrected chi connectivity index (χ2v) is 8.09.